The van der Waals surface area contributed by atoms with E-state index in [1.165, 1.54) is 16.7 Å². The van der Waals surface area contributed by atoms with Gasteiger partial charge >= 0.3 is 6.01 Å². The minimum absolute atomic E-state index is 0.0633. The van der Waals surface area contributed by atoms with Crippen molar-refractivity contribution < 1.29 is 17.5 Å². The average Bonchev–Trinajstić information content (AvgIpc) is 3.61. The molecule has 0 bridgehead atoms. The first-order valence-electron chi connectivity index (χ1n) is 10.9. The lowest BCUT2D eigenvalue weighted by Gasteiger charge is -2.14. The predicted molar refractivity (Wildman–Crippen MR) is 124 cm³/mol. The SMILES string of the molecule is CC[C@@H](C)S(=O)(=O)Cc1cc(-c2ccc(=O)n(C)c2)nc(Oc2c(F)cccc2C2CC2)n1. The van der Waals surface area contributed by atoms with Crippen molar-refractivity contribution in [2.45, 2.75) is 50.0 Å². The quantitative estimate of drug-likeness (QED) is 0.485. The van der Waals surface area contributed by atoms with E-state index < -0.39 is 20.9 Å². The van der Waals surface area contributed by atoms with Crippen LogP contribution >= 0.6 is 0 Å². The summed E-state index contributed by atoms with van der Waals surface area (Å²) in [5.41, 5.74) is 1.77. The molecule has 1 aliphatic rings. The fraction of sp³-hybridized carbons (Fsp3) is 0.375. The number of hydrogen-bond donors (Lipinski definition) is 0. The van der Waals surface area contributed by atoms with E-state index in [0.29, 0.717) is 17.7 Å². The van der Waals surface area contributed by atoms with Crippen LogP contribution in [0, 0.1) is 5.82 Å². The summed E-state index contributed by atoms with van der Waals surface area (Å²) in [6.07, 6.45) is 3.98. The van der Waals surface area contributed by atoms with Gasteiger partial charge in [0.25, 0.3) is 0 Å². The molecule has 1 aliphatic carbocycles. The van der Waals surface area contributed by atoms with Gasteiger partial charge in [-0.25, -0.2) is 12.8 Å². The van der Waals surface area contributed by atoms with Crippen molar-refractivity contribution in [3.05, 3.63) is 70.0 Å². The summed E-state index contributed by atoms with van der Waals surface area (Å²) in [7, 11) is -1.85. The van der Waals surface area contributed by atoms with Gasteiger partial charge in [-0.3, -0.25) is 4.79 Å². The number of aromatic nitrogens is 3. The lowest BCUT2D eigenvalue weighted by Crippen LogP contribution is -2.19. The summed E-state index contributed by atoms with van der Waals surface area (Å²) in [6, 6.07) is 9.20. The average molecular weight is 472 g/mol. The molecule has 0 aliphatic heterocycles. The molecule has 9 heteroatoms. The van der Waals surface area contributed by atoms with Crippen LogP contribution in [-0.2, 0) is 22.6 Å². The third kappa shape index (κ3) is 5.13. The van der Waals surface area contributed by atoms with E-state index in [9.17, 15) is 17.6 Å². The van der Waals surface area contributed by atoms with Crippen LogP contribution in [0.3, 0.4) is 0 Å². The fourth-order valence-electron chi connectivity index (χ4n) is 3.53. The monoisotopic (exact) mass is 471 g/mol. The first-order valence-corrected chi connectivity index (χ1v) is 12.6. The Morgan fingerprint density at radius 3 is 2.64 bits per heavy atom. The maximum atomic E-state index is 14.7. The van der Waals surface area contributed by atoms with Crippen LogP contribution in [0.15, 0.2) is 47.4 Å². The highest BCUT2D eigenvalue weighted by Gasteiger charge is 2.29. The Morgan fingerprint density at radius 2 is 1.97 bits per heavy atom. The second-order valence-corrected chi connectivity index (χ2v) is 10.9. The van der Waals surface area contributed by atoms with Crippen molar-refractivity contribution >= 4 is 9.84 Å². The molecule has 1 atom stereocenters. The first kappa shape index (κ1) is 23.1. The van der Waals surface area contributed by atoms with Crippen molar-refractivity contribution in [3.8, 4) is 23.0 Å². The van der Waals surface area contributed by atoms with E-state index >= 15 is 0 Å². The Balaban J connectivity index is 1.79. The summed E-state index contributed by atoms with van der Waals surface area (Å²) in [4.78, 5) is 20.5. The number of benzene rings is 1. The van der Waals surface area contributed by atoms with Gasteiger partial charge in [0, 0.05) is 30.4 Å². The Bertz CT molecular complexity index is 1350. The molecule has 3 aromatic rings. The van der Waals surface area contributed by atoms with Crippen LogP contribution in [0.5, 0.6) is 11.8 Å². The van der Waals surface area contributed by atoms with E-state index in [4.69, 9.17) is 4.74 Å². The Labute approximate surface area is 192 Å². The van der Waals surface area contributed by atoms with Crippen molar-refractivity contribution in [2.24, 2.45) is 7.05 Å². The summed E-state index contributed by atoms with van der Waals surface area (Å²) >= 11 is 0. The van der Waals surface area contributed by atoms with Gasteiger partial charge in [-0.2, -0.15) is 9.97 Å². The van der Waals surface area contributed by atoms with Crippen LogP contribution in [0.25, 0.3) is 11.3 Å². The number of pyridine rings is 1. The Morgan fingerprint density at radius 1 is 1.21 bits per heavy atom. The highest BCUT2D eigenvalue weighted by molar-refractivity contribution is 7.91. The Hall–Kier alpha value is -3.07. The lowest BCUT2D eigenvalue weighted by atomic mass is 10.1. The molecule has 174 valence electrons. The van der Waals surface area contributed by atoms with Crippen molar-refractivity contribution in [1.82, 2.24) is 14.5 Å². The van der Waals surface area contributed by atoms with E-state index in [0.717, 1.165) is 18.4 Å². The summed E-state index contributed by atoms with van der Waals surface area (Å²) in [5.74, 6) is -0.530. The maximum absolute atomic E-state index is 14.7. The molecule has 0 radical (unpaired) electrons. The van der Waals surface area contributed by atoms with Crippen LogP contribution in [-0.4, -0.2) is 28.2 Å². The number of aryl methyl sites for hydroxylation is 1. The molecule has 0 saturated heterocycles. The van der Waals surface area contributed by atoms with Crippen LogP contribution in [0.1, 0.15) is 50.3 Å². The lowest BCUT2D eigenvalue weighted by molar-refractivity contribution is 0.405. The largest absolute Gasteiger partial charge is 0.421 e. The van der Waals surface area contributed by atoms with Gasteiger partial charge in [0.15, 0.2) is 21.4 Å². The highest BCUT2D eigenvalue weighted by atomic mass is 32.2. The number of halogens is 1. The maximum Gasteiger partial charge on any atom is 0.322 e. The van der Waals surface area contributed by atoms with Crippen molar-refractivity contribution in [2.75, 3.05) is 0 Å². The minimum atomic E-state index is -3.46. The number of sulfone groups is 1. The van der Waals surface area contributed by atoms with E-state index in [-0.39, 0.29) is 34.7 Å². The standard InChI is InChI=1S/C24H26FN3O4S/c1-4-15(2)33(30,31)14-18-12-21(17-10-11-22(29)28(3)13-17)27-24(26-18)32-23-19(16-8-9-16)6-5-7-20(23)25/h5-7,10-13,15-16H,4,8-9,14H2,1-3H3/t15-/m1/s1. The zero-order valence-electron chi connectivity index (χ0n) is 18.8. The molecule has 7 nitrogen and oxygen atoms in total. The Kier molecular flexibility index (Phi) is 6.34. The molecule has 0 spiro atoms. The highest BCUT2D eigenvalue weighted by Crippen LogP contribution is 2.45. The summed E-state index contributed by atoms with van der Waals surface area (Å²) < 4.78 is 47.4. The molecular formula is C24H26FN3O4S. The van der Waals surface area contributed by atoms with Gasteiger partial charge in [0.2, 0.25) is 5.56 Å². The molecule has 0 N–H and O–H groups in total. The minimum Gasteiger partial charge on any atom is -0.421 e. The number of ether oxygens (including phenoxy) is 1. The molecule has 0 amide bonds. The molecule has 2 aromatic heterocycles. The van der Waals surface area contributed by atoms with Gasteiger partial charge < -0.3 is 9.30 Å². The van der Waals surface area contributed by atoms with E-state index in [1.807, 2.05) is 13.0 Å². The van der Waals surface area contributed by atoms with E-state index in [1.54, 1.807) is 38.4 Å². The fourth-order valence-corrected chi connectivity index (χ4v) is 4.88. The van der Waals surface area contributed by atoms with Gasteiger partial charge in [-0.1, -0.05) is 19.1 Å². The zero-order chi connectivity index (χ0) is 23.8. The van der Waals surface area contributed by atoms with Gasteiger partial charge in [-0.05, 0) is 50.3 Å². The number of hydrogen-bond acceptors (Lipinski definition) is 6. The third-order valence-electron chi connectivity index (χ3n) is 5.89. The molecule has 0 unspecified atom stereocenters. The zero-order valence-corrected chi connectivity index (χ0v) is 19.6. The predicted octanol–water partition coefficient (Wildman–Crippen LogP) is 4.36. The molecule has 1 aromatic carbocycles. The summed E-state index contributed by atoms with van der Waals surface area (Å²) in [6.45, 7) is 3.47. The van der Waals surface area contributed by atoms with Crippen molar-refractivity contribution in [1.29, 1.82) is 0 Å². The van der Waals surface area contributed by atoms with Gasteiger partial charge in [0.05, 0.1) is 22.4 Å². The molecule has 1 saturated carbocycles. The van der Waals surface area contributed by atoms with Crippen LogP contribution < -0.4 is 10.3 Å². The first-order chi connectivity index (χ1) is 15.7. The molecule has 1 fully saturated rings. The number of rotatable bonds is 8. The summed E-state index contributed by atoms with van der Waals surface area (Å²) in [5, 5.41) is -0.536. The normalized spacial score (nSPS) is 14.8. The van der Waals surface area contributed by atoms with E-state index in [2.05, 4.69) is 9.97 Å². The topological polar surface area (TPSA) is 91.2 Å². The number of nitrogens with zero attached hydrogens (tertiary/aromatic N) is 3. The second kappa shape index (κ2) is 9.05. The second-order valence-electron chi connectivity index (χ2n) is 8.45. The molecule has 4 rings (SSSR count). The van der Waals surface area contributed by atoms with Crippen molar-refractivity contribution in [3.63, 3.8) is 0 Å². The number of para-hydroxylation sites is 1. The smallest absolute Gasteiger partial charge is 0.322 e. The van der Waals surface area contributed by atoms with Crippen LogP contribution in [0.4, 0.5) is 4.39 Å². The van der Waals surface area contributed by atoms with Gasteiger partial charge in [-0.15, -0.1) is 0 Å². The van der Waals surface area contributed by atoms with Crippen LogP contribution in [0.2, 0.25) is 0 Å². The van der Waals surface area contributed by atoms with Gasteiger partial charge in [0.1, 0.15) is 0 Å². The third-order valence-corrected chi connectivity index (χ3v) is 8.14. The molecular weight excluding hydrogens is 445 g/mol. The molecule has 2 heterocycles. The molecule has 33 heavy (non-hydrogen) atoms.